The van der Waals surface area contributed by atoms with Crippen LogP contribution in [0.5, 0.6) is 0 Å². The van der Waals surface area contributed by atoms with E-state index in [4.69, 9.17) is 5.73 Å². The Kier molecular flexibility index (Phi) is 4.48. The molecule has 5 heteroatoms. The molecule has 1 aliphatic rings. The van der Waals surface area contributed by atoms with Gasteiger partial charge in [0.25, 0.3) is 0 Å². The zero-order valence-electron chi connectivity index (χ0n) is 14.2. The van der Waals surface area contributed by atoms with E-state index in [0.29, 0.717) is 29.8 Å². The average Bonchev–Trinajstić information content (AvgIpc) is 2.84. The number of piperidine rings is 1. The molecule has 4 nitrogen and oxygen atoms in total. The first-order valence-electron chi connectivity index (χ1n) is 8.36. The molecular weight excluding hydrogens is 303 g/mol. The molecule has 126 valence electrons. The minimum absolute atomic E-state index is 0.259. The molecule has 0 unspecified atom stereocenters. The normalized spacial score (nSPS) is 20.8. The van der Waals surface area contributed by atoms with Crippen molar-refractivity contribution >= 4 is 11.5 Å². The third kappa shape index (κ3) is 3.23. The molecule has 2 aromatic rings. The monoisotopic (exact) mass is 326 g/mol. The molecule has 1 aliphatic heterocycles. The van der Waals surface area contributed by atoms with Gasteiger partial charge >= 0.3 is 0 Å². The van der Waals surface area contributed by atoms with Gasteiger partial charge in [-0.1, -0.05) is 26.0 Å². The van der Waals surface area contributed by atoms with Crippen molar-refractivity contribution < 1.29 is 4.39 Å². The average molecular weight is 326 g/mol. The van der Waals surface area contributed by atoms with Crippen molar-refractivity contribution in [3.05, 3.63) is 47.4 Å². The van der Waals surface area contributed by atoms with Crippen LogP contribution in [-0.2, 0) is 6.54 Å². The second kappa shape index (κ2) is 6.56. The van der Waals surface area contributed by atoms with Gasteiger partial charge in [0.2, 0.25) is 0 Å². The quantitative estimate of drug-likeness (QED) is 0.937. The summed E-state index contributed by atoms with van der Waals surface area (Å²) in [5.74, 6) is 1.83. The smallest absolute Gasteiger partial charge is 0.133 e. The maximum atomic E-state index is 13.1. The molecule has 2 N–H and O–H groups in total. The fraction of sp³-hybridized carbons (Fsp3) is 0.421. The molecular formula is C19H23FN4. The predicted octanol–water partition coefficient (Wildman–Crippen LogP) is 3.61. The number of nitrogen functional groups attached to an aromatic ring is 1. The maximum Gasteiger partial charge on any atom is 0.133 e. The van der Waals surface area contributed by atoms with Crippen molar-refractivity contribution in [2.75, 3.05) is 23.7 Å². The third-order valence-electron chi connectivity index (χ3n) is 4.63. The van der Waals surface area contributed by atoms with E-state index in [1.165, 1.54) is 18.6 Å². The second-order valence-electron chi connectivity index (χ2n) is 6.98. The largest absolute Gasteiger partial charge is 0.396 e. The fourth-order valence-electron chi connectivity index (χ4n) is 3.77. The van der Waals surface area contributed by atoms with E-state index in [0.717, 1.165) is 24.5 Å². The molecule has 0 amide bonds. The number of hydrogen-bond acceptors (Lipinski definition) is 3. The Balaban J connectivity index is 1.98. The molecule has 0 spiro atoms. The summed E-state index contributed by atoms with van der Waals surface area (Å²) in [4.78, 5) is 2.29. The Morgan fingerprint density at radius 2 is 1.83 bits per heavy atom. The Bertz CT molecular complexity index is 747. The highest BCUT2D eigenvalue weighted by atomic mass is 19.1. The zero-order valence-corrected chi connectivity index (χ0v) is 14.2. The molecule has 0 saturated carbocycles. The number of nitriles is 1. The lowest BCUT2D eigenvalue weighted by atomic mass is 9.92. The van der Waals surface area contributed by atoms with Crippen LogP contribution in [0.15, 0.2) is 30.3 Å². The van der Waals surface area contributed by atoms with Crippen molar-refractivity contribution in [2.24, 2.45) is 11.8 Å². The molecule has 1 fully saturated rings. The van der Waals surface area contributed by atoms with Crippen LogP contribution in [0.4, 0.5) is 15.9 Å². The van der Waals surface area contributed by atoms with E-state index < -0.39 is 0 Å². The van der Waals surface area contributed by atoms with E-state index in [1.807, 2.05) is 4.57 Å². The molecule has 0 radical (unpaired) electrons. The summed E-state index contributed by atoms with van der Waals surface area (Å²) in [5.41, 5.74) is 8.36. The Morgan fingerprint density at radius 3 is 2.42 bits per heavy atom. The SMILES string of the molecule is C[C@@H]1C[C@H](C)CN(c2c(N)cc(C#N)n2Cc2ccc(F)cc2)C1. The number of halogens is 1. The lowest BCUT2D eigenvalue weighted by Crippen LogP contribution is -2.40. The molecule has 24 heavy (non-hydrogen) atoms. The van der Waals surface area contributed by atoms with Crippen LogP contribution in [0.3, 0.4) is 0 Å². The fourth-order valence-corrected chi connectivity index (χ4v) is 3.77. The lowest BCUT2D eigenvalue weighted by Gasteiger charge is -2.37. The zero-order chi connectivity index (χ0) is 17.3. The van der Waals surface area contributed by atoms with Crippen LogP contribution in [0.2, 0.25) is 0 Å². The Hall–Kier alpha value is -2.48. The maximum absolute atomic E-state index is 13.1. The van der Waals surface area contributed by atoms with Crippen LogP contribution in [0.1, 0.15) is 31.5 Å². The standard InChI is InChI=1S/C19H23FN4/c1-13-7-14(2)11-23(10-13)19-18(22)8-17(9-21)24(19)12-15-3-5-16(20)6-4-15/h3-6,8,13-14H,7,10-12,22H2,1-2H3/t13-,14+. The summed E-state index contributed by atoms with van der Waals surface area (Å²) in [5, 5.41) is 9.48. The number of benzene rings is 1. The van der Waals surface area contributed by atoms with Crippen LogP contribution >= 0.6 is 0 Å². The molecule has 1 aromatic heterocycles. The number of aromatic nitrogens is 1. The third-order valence-corrected chi connectivity index (χ3v) is 4.63. The van der Waals surface area contributed by atoms with Gasteiger partial charge in [0.15, 0.2) is 0 Å². The van der Waals surface area contributed by atoms with Crippen LogP contribution in [0.25, 0.3) is 0 Å². The predicted molar refractivity (Wildman–Crippen MR) is 94.2 cm³/mol. The number of hydrogen-bond donors (Lipinski definition) is 1. The lowest BCUT2D eigenvalue weighted by molar-refractivity contribution is 0.353. The number of nitrogens with two attached hydrogens (primary N) is 1. The van der Waals surface area contributed by atoms with E-state index in [-0.39, 0.29) is 5.82 Å². The topological polar surface area (TPSA) is 58.0 Å². The molecule has 2 heterocycles. The Labute approximate surface area is 142 Å². The highest BCUT2D eigenvalue weighted by molar-refractivity contribution is 5.68. The van der Waals surface area contributed by atoms with Gasteiger partial charge in [0, 0.05) is 13.1 Å². The van der Waals surface area contributed by atoms with Crippen molar-refractivity contribution in [3.8, 4) is 6.07 Å². The first-order valence-corrected chi connectivity index (χ1v) is 8.36. The van der Waals surface area contributed by atoms with Crippen molar-refractivity contribution in [1.29, 1.82) is 5.26 Å². The molecule has 2 atom stereocenters. The first-order chi connectivity index (χ1) is 11.5. The van der Waals surface area contributed by atoms with Gasteiger partial charge in [-0.05, 0) is 42.0 Å². The summed E-state index contributed by atoms with van der Waals surface area (Å²) in [6, 6.07) is 10.4. The summed E-state index contributed by atoms with van der Waals surface area (Å²) >= 11 is 0. The highest BCUT2D eigenvalue weighted by Crippen LogP contribution is 2.33. The Morgan fingerprint density at radius 1 is 1.21 bits per heavy atom. The summed E-state index contributed by atoms with van der Waals surface area (Å²) in [6.07, 6.45) is 1.21. The number of anilines is 2. The number of nitrogens with zero attached hydrogens (tertiary/aromatic N) is 3. The minimum atomic E-state index is -0.259. The summed E-state index contributed by atoms with van der Waals surface area (Å²) in [6.45, 7) is 6.88. The van der Waals surface area contributed by atoms with Crippen LogP contribution < -0.4 is 10.6 Å². The summed E-state index contributed by atoms with van der Waals surface area (Å²) in [7, 11) is 0. The van der Waals surface area contributed by atoms with E-state index in [2.05, 4.69) is 24.8 Å². The van der Waals surface area contributed by atoms with Gasteiger partial charge in [0.1, 0.15) is 23.4 Å². The molecule has 3 rings (SSSR count). The van der Waals surface area contributed by atoms with Gasteiger partial charge in [0.05, 0.1) is 12.2 Å². The van der Waals surface area contributed by atoms with Gasteiger partial charge in [-0.3, -0.25) is 0 Å². The van der Waals surface area contributed by atoms with E-state index in [9.17, 15) is 9.65 Å². The first kappa shape index (κ1) is 16.4. The van der Waals surface area contributed by atoms with E-state index in [1.54, 1.807) is 18.2 Å². The minimum Gasteiger partial charge on any atom is -0.396 e. The van der Waals surface area contributed by atoms with Gasteiger partial charge in [-0.25, -0.2) is 4.39 Å². The molecule has 1 saturated heterocycles. The number of rotatable bonds is 3. The molecule has 0 aliphatic carbocycles. The summed E-state index contributed by atoms with van der Waals surface area (Å²) < 4.78 is 15.1. The van der Waals surface area contributed by atoms with Crippen molar-refractivity contribution in [2.45, 2.75) is 26.8 Å². The highest BCUT2D eigenvalue weighted by Gasteiger charge is 2.27. The van der Waals surface area contributed by atoms with Crippen LogP contribution in [-0.4, -0.2) is 17.7 Å². The van der Waals surface area contributed by atoms with Crippen molar-refractivity contribution in [1.82, 2.24) is 4.57 Å². The van der Waals surface area contributed by atoms with Gasteiger partial charge < -0.3 is 15.2 Å². The van der Waals surface area contributed by atoms with Crippen molar-refractivity contribution in [3.63, 3.8) is 0 Å². The second-order valence-corrected chi connectivity index (χ2v) is 6.98. The molecule has 0 bridgehead atoms. The van der Waals surface area contributed by atoms with Gasteiger partial charge in [-0.15, -0.1) is 0 Å². The molecule has 1 aromatic carbocycles. The van der Waals surface area contributed by atoms with Gasteiger partial charge in [-0.2, -0.15) is 5.26 Å². The van der Waals surface area contributed by atoms with Crippen LogP contribution in [0, 0.1) is 29.0 Å². The van der Waals surface area contributed by atoms with E-state index >= 15 is 0 Å².